The number of hydrogen-bond acceptors (Lipinski definition) is 3. The fourth-order valence-corrected chi connectivity index (χ4v) is 1.70. The molecule has 0 saturated carbocycles. The molecule has 1 saturated heterocycles. The largest absolute Gasteiger partial charge is 0.481 e. The topological polar surface area (TPSA) is 66.8 Å². The third-order valence-corrected chi connectivity index (χ3v) is 2.32. The van der Waals surface area contributed by atoms with Crippen LogP contribution in [-0.2, 0) is 9.53 Å². The van der Waals surface area contributed by atoms with E-state index < -0.39 is 5.97 Å². The molecule has 1 N–H and O–H groups in total. The van der Waals surface area contributed by atoms with Crippen LogP contribution in [0.5, 0.6) is 0 Å². The van der Waals surface area contributed by atoms with Crippen molar-refractivity contribution < 1.29 is 19.4 Å². The van der Waals surface area contributed by atoms with Gasteiger partial charge in [0.25, 0.3) is 0 Å². The van der Waals surface area contributed by atoms with Crippen molar-refractivity contribution in [1.29, 1.82) is 0 Å². The molecular weight excluding hydrogens is 198 g/mol. The smallest absolute Gasteiger partial charge is 0.410 e. The Morgan fingerprint density at radius 1 is 1.67 bits per heavy atom. The Kier molecular flexibility index (Phi) is 3.94. The molecule has 5 nitrogen and oxygen atoms in total. The highest BCUT2D eigenvalue weighted by atomic mass is 16.6. The molecule has 0 aliphatic carbocycles. The third-order valence-electron chi connectivity index (χ3n) is 2.32. The zero-order chi connectivity index (χ0) is 11.4. The maximum atomic E-state index is 11.4. The van der Waals surface area contributed by atoms with Crippen LogP contribution in [0.3, 0.4) is 0 Å². The Bertz CT molecular complexity index is 252. The summed E-state index contributed by atoms with van der Waals surface area (Å²) in [4.78, 5) is 23.6. The van der Waals surface area contributed by atoms with E-state index in [1.807, 2.05) is 13.8 Å². The van der Waals surface area contributed by atoms with Crippen LogP contribution in [0.2, 0.25) is 0 Å². The van der Waals surface area contributed by atoms with Gasteiger partial charge in [-0.2, -0.15) is 0 Å². The van der Waals surface area contributed by atoms with E-state index in [1.165, 1.54) is 4.90 Å². The summed E-state index contributed by atoms with van der Waals surface area (Å²) in [7, 11) is 0. The molecule has 15 heavy (non-hydrogen) atoms. The predicted octanol–water partition coefficient (Wildman–Crippen LogP) is 1.33. The number of aliphatic carboxylic acids is 1. The first-order chi connectivity index (χ1) is 7.00. The Balaban J connectivity index is 2.63. The second-order valence-electron chi connectivity index (χ2n) is 4.20. The normalized spacial score (nSPS) is 21.7. The van der Waals surface area contributed by atoms with E-state index in [9.17, 15) is 9.59 Å². The van der Waals surface area contributed by atoms with Crippen molar-refractivity contribution in [2.24, 2.45) is 5.92 Å². The fourth-order valence-electron chi connectivity index (χ4n) is 1.70. The third kappa shape index (κ3) is 3.42. The molecule has 1 fully saturated rings. The minimum absolute atomic E-state index is 0.00181. The molecule has 86 valence electrons. The Morgan fingerprint density at radius 2 is 2.33 bits per heavy atom. The lowest BCUT2D eigenvalue weighted by atomic mass is 10.1. The first-order valence-corrected chi connectivity index (χ1v) is 5.16. The van der Waals surface area contributed by atoms with E-state index in [4.69, 9.17) is 9.84 Å². The van der Waals surface area contributed by atoms with Gasteiger partial charge >= 0.3 is 12.1 Å². The van der Waals surface area contributed by atoms with Gasteiger partial charge in [-0.1, -0.05) is 13.8 Å². The number of carbonyl (C=O) groups is 2. The number of amides is 1. The van der Waals surface area contributed by atoms with Gasteiger partial charge < -0.3 is 14.7 Å². The van der Waals surface area contributed by atoms with Crippen molar-refractivity contribution in [3.63, 3.8) is 0 Å². The van der Waals surface area contributed by atoms with Gasteiger partial charge in [0.15, 0.2) is 0 Å². The van der Waals surface area contributed by atoms with Crippen LogP contribution in [-0.4, -0.2) is 41.3 Å². The zero-order valence-corrected chi connectivity index (χ0v) is 9.10. The molecule has 1 rings (SSSR count). The number of cyclic esters (lactones) is 1. The molecule has 1 amide bonds. The van der Waals surface area contributed by atoms with E-state index >= 15 is 0 Å². The van der Waals surface area contributed by atoms with E-state index in [0.717, 1.165) is 0 Å². The number of carboxylic acids is 1. The molecule has 0 bridgehead atoms. The predicted molar refractivity (Wildman–Crippen MR) is 53.5 cm³/mol. The van der Waals surface area contributed by atoms with Crippen LogP contribution < -0.4 is 0 Å². The molecular formula is C10H17NO4. The average molecular weight is 215 g/mol. The molecule has 0 radical (unpaired) electrons. The highest BCUT2D eigenvalue weighted by Crippen LogP contribution is 2.18. The second-order valence-corrected chi connectivity index (χ2v) is 4.20. The molecule has 1 aliphatic heterocycles. The number of nitrogens with zero attached hydrogens (tertiary/aromatic N) is 1. The summed E-state index contributed by atoms with van der Waals surface area (Å²) in [6, 6.07) is -0.217. The van der Waals surface area contributed by atoms with Crippen LogP contribution in [0, 0.1) is 5.92 Å². The molecule has 5 heteroatoms. The second kappa shape index (κ2) is 5.00. The lowest BCUT2D eigenvalue weighted by Crippen LogP contribution is -2.48. The first-order valence-electron chi connectivity index (χ1n) is 5.16. The first kappa shape index (κ1) is 11.8. The molecule has 0 spiro atoms. The van der Waals surface area contributed by atoms with Crippen LogP contribution in [0.1, 0.15) is 26.7 Å². The average Bonchev–Trinajstić information content (AvgIpc) is 2.09. The van der Waals surface area contributed by atoms with Gasteiger partial charge in [0, 0.05) is 19.0 Å². The van der Waals surface area contributed by atoms with Gasteiger partial charge in [-0.3, -0.25) is 4.79 Å². The van der Waals surface area contributed by atoms with E-state index in [0.29, 0.717) is 25.5 Å². The van der Waals surface area contributed by atoms with Crippen LogP contribution in [0.4, 0.5) is 4.79 Å². The summed E-state index contributed by atoms with van der Waals surface area (Å²) in [6.07, 6.45) is 0.216. The summed E-state index contributed by atoms with van der Waals surface area (Å²) < 4.78 is 4.90. The number of hydrogen-bond donors (Lipinski definition) is 1. The summed E-state index contributed by atoms with van der Waals surface area (Å²) in [5.41, 5.74) is 0. The molecule has 1 unspecified atom stereocenters. The van der Waals surface area contributed by atoms with Gasteiger partial charge in [-0.15, -0.1) is 0 Å². The standard InChI is InChI=1S/C10H17NO4/c1-7(2)6-11-8(5-9(12)13)3-4-15-10(11)14/h7-8H,3-6H2,1-2H3,(H,12,13). The van der Waals surface area contributed by atoms with Gasteiger partial charge in [0.1, 0.15) is 0 Å². The van der Waals surface area contributed by atoms with Gasteiger partial charge in [-0.25, -0.2) is 4.79 Å². The highest BCUT2D eigenvalue weighted by Gasteiger charge is 2.31. The number of ether oxygens (including phenoxy) is 1. The number of rotatable bonds is 4. The molecule has 0 aromatic heterocycles. The van der Waals surface area contributed by atoms with E-state index in [-0.39, 0.29) is 18.6 Å². The van der Waals surface area contributed by atoms with Crippen molar-refractivity contribution in [3.8, 4) is 0 Å². The number of carboxylic acid groups (broad SMARTS) is 1. The monoisotopic (exact) mass is 215 g/mol. The van der Waals surface area contributed by atoms with Crippen molar-refractivity contribution in [2.75, 3.05) is 13.2 Å². The van der Waals surface area contributed by atoms with Gasteiger partial charge in [-0.05, 0) is 5.92 Å². The van der Waals surface area contributed by atoms with Crippen molar-refractivity contribution >= 4 is 12.1 Å². The SMILES string of the molecule is CC(C)CN1C(=O)OCCC1CC(=O)O. The van der Waals surface area contributed by atoms with E-state index in [2.05, 4.69) is 0 Å². The minimum Gasteiger partial charge on any atom is -0.481 e. The maximum Gasteiger partial charge on any atom is 0.410 e. The summed E-state index contributed by atoms with van der Waals surface area (Å²) in [5, 5.41) is 8.73. The zero-order valence-electron chi connectivity index (χ0n) is 9.10. The Hall–Kier alpha value is -1.26. The summed E-state index contributed by atoms with van der Waals surface area (Å²) in [6.45, 7) is 4.85. The number of carbonyl (C=O) groups excluding carboxylic acids is 1. The summed E-state index contributed by atoms with van der Waals surface area (Å²) >= 11 is 0. The maximum absolute atomic E-state index is 11.4. The van der Waals surface area contributed by atoms with Crippen molar-refractivity contribution in [2.45, 2.75) is 32.7 Å². The molecule has 0 aromatic rings. The van der Waals surface area contributed by atoms with Crippen LogP contribution in [0.25, 0.3) is 0 Å². The van der Waals surface area contributed by atoms with Gasteiger partial charge in [0.05, 0.1) is 13.0 Å². The molecule has 0 aromatic carbocycles. The fraction of sp³-hybridized carbons (Fsp3) is 0.800. The van der Waals surface area contributed by atoms with Crippen LogP contribution in [0.15, 0.2) is 0 Å². The lowest BCUT2D eigenvalue weighted by Gasteiger charge is -2.35. The summed E-state index contributed by atoms with van der Waals surface area (Å²) in [5.74, 6) is -0.560. The quantitative estimate of drug-likeness (QED) is 0.768. The van der Waals surface area contributed by atoms with Crippen LogP contribution >= 0.6 is 0 Å². The van der Waals surface area contributed by atoms with Gasteiger partial charge in [0.2, 0.25) is 0 Å². The molecule has 1 aliphatic rings. The van der Waals surface area contributed by atoms with Crippen molar-refractivity contribution in [3.05, 3.63) is 0 Å². The molecule has 1 heterocycles. The Labute approximate surface area is 89.0 Å². The van der Waals surface area contributed by atoms with E-state index in [1.54, 1.807) is 0 Å². The minimum atomic E-state index is -0.872. The lowest BCUT2D eigenvalue weighted by molar-refractivity contribution is -0.138. The van der Waals surface area contributed by atoms with Crippen molar-refractivity contribution in [1.82, 2.24) is 4.90 Å². The highest BCUT2D eigenvalue weighted by molar-refractivity contribution is 5.72. The Morgan fingerprint density at radius 3 is 2.87 bits per heavy atom. The molecule has 1 atom stereocenters.